The van der Waals surface area contributed by atoms with Gasteiger partial charge in [-0.2, -0.15) is 0 Å². The Morgan fingerprint density at radius 2 is 1.46 bits per heavy atom. The monoisotopic (exact) mass is 377 g/mol. The molecule has 0 saturated heterocycles. The van der Waals surface area contributed by atoms with E-state index in [1.165, 1.54) is 39.5 Å². The minimum atomic E-state index is 0.413. The molecule has 0 aliphatic carbocycles. The molecule has 1 aromatic heterocycles. The third kappa shape index (κ3) is 2.55. The molecule has 3 aromatic carbocycles. The van der Waals surface area contributed by atoms with Gasteiger partial charge >= 0.3 is 0 Å². The van der Waals surface area contributed by atoms with E-state index >= 15 is 0 Å². The molecule has 1 nitrogen and oxygen atoms in total. The lowest BCUT2D eigenvalue weighted by molar-refractivity contribution is 0.788. The Kier molecular flexibility index (Phi) is 4.15. The highest BCUT2D eigenvalue weighted by Crippen LogP contribution is 2.34. The summed E-state index contributed by atoms with van der Waals surface area (Å²) in [7, 11) is 0. The van der Waals surface area contributed by atoms with Gasteiger partial charge in [-0.3, -0.25) is 0 Å². The van der Waals surface area contributed by atoms with Crippen LogP contribution in [0.5, 0.6) is 0 Å². The Bertz CT molecular complexity index is 946. The number of rotatable bonds is 4. The summed E-state index contributed by atoms with van der Waals surface area (Å²) in [5.41, 5.74) is 5.09. The second-order valence-electron chi connectivity index (χ2n) is 6.22. The van der Waals surface area contributed by atoms with Crippen LogP contribution in [-0.2, 0) is 0 Å². The number of halogens is 1. The van der Waals surface area contributed by atoms with Crippen LogP contribution < -0.4 is 0 Å². The molecule has 120 valence electrons. The summed E-state index contributed by atoms with van der Waals surface area (Å²) in [5, 5.41) is 2.62. The number of aromatic nitrogens is 1. The van der Waals surface area contributed by atoms with Crippen LogP contribution in [0.2, 0.25) is 0 Å². The molecule has 0 amide bonds. The van der Waals surface area contributed by atoms with Crippen molar-refractivity contribution in [1.29, 1.82) is 0 Å². The molecule has 0 N–H and O–H groups in total. The number of hydrogen-bond acceptors (Lipinski definition) is 0. The maximum absolute atomic E-state index is 3.83. The highest BCUT2D eigenvalue weighted by atomic mass is 79.9. The molecular formula is C22H20BrN. The highest BCUT2D eigenvalue weighted by molar-refractivity contribution is 9.09. The van der Waals surface area contributed by atoms with Crippen LogP contribution in [-0.4, -0.2) is 4.57 Å². The Hall–Kier alpha value is -2.06. The van der Waals surface area contributed by atoms with E-state index in [4.69, 9.17) is 0 Å². The minimum Gasteiger partial charge on any atom is -0.309 e. The van der Waals surface area contributed by atoms with E-state index in [0.29, 0.717) is 4.83 Å². The maximum Gasteiger partial charge on any atom is 0.0541 e. The summed E-state index contributed by atoms with van der Waals surface area (Å²) >= 11 is 3.83. The van der Waals surface area contributed by atoms with E-state index in [9.17, 15) is 0 Å². The van der Waals surface area contributed by atoms with Gasteiger partial charge in [-0.15, -0.1) is 0 Å². The van der Waals surface area contributed by atoms with Crippen molar-refractivity contribution in [2.75, 3.05) is 0 Å². The number of fused-ring (bicyclic) bond motifs is 3. The largest absolute Gasteiger partial charge is 0.309 e. The summed E-state index contributed by atoms with van der Waals surface area (Å²) in [6, 6.07) is 26.2. The van der Waals surface area contributed by atoms with Crippen LogP contribution >= 0.6 is 15.9 Å². The zero-order valence-electron chi connectivity index (χ0n) is 13.7. The van der Waals surface area contributed by atoms with Crippen molar-refractivity contribution >= 4 is 37.7 Å². The molecule has 0 radical (unpaired) electrons. The van der Waals surface area contributed by atoms with Gasteiger partial charge in [0.05, 0.1) is 11.0 Å². The second kappa shape index (κ2) is 6.45. The number of para-hydroxylation sites is 2. The Labute approximate surface area is 151 Å². The predicted octanol–water partition coefficient (Wildman–Crippen LogP) is 7.02. The average Bonchev–Trinajstić information content (AvgIpc) is 2.97. The van der Waals surface area contributed by atoms with E-state index < -0.39 is 0 Å². The standard InChI is InChI=1S/C22H20BrN/c1-2-8-20(23)16-9-7-10-17(15-16)24-21-13-5-3-11-18(21)19-12-4-6-14-22(19)24/h3-7,9-15,20H,2,8H2,1H3. The quantitative estimate of drug-likeness (QED) is 0.336. The first-order chi connectivity index (χ1) is 11.8. The molecule has 0 saturated carbocycles. The van der Waals surface area contributed by atoms with Crippen LogP contribution in [0.15, 0.2) is 72.8 Å². The smallest absolute Gasteiger partial charge is 0.0541 e. The van der Waals surface area contributed by atoms with Crippen LogP contribution in [0.25, 0.3) is 27.5 Å². The van der Waals surface area contributed by atoms with Crippen molar-refractivity contribution in [2.45, 2.75) is 24.6 Å². The van der Waals surface area contributed by atoms with Gasteiger partial charge < -0.3 is 4.57 Å². The molecule has 2 heteroatoms. The Balaban J connectivity index is 1.97. The minimum absolute atomic E-state index is 0.413. The van der Waals surface area contributed by atoms with E-state index in [1.807, 2.05) is 0 Å². The van der Waals surface area contributed by atoms with Gasteiger partial charge in [0.1, 0.15) is 0 Å². The SMILES string of the molecule is CCCC(Br)c1cccc(-n2c3ccccc3c3ccccc32)c1. The van der Waals surface area contributed by atoms with E-state index in [2.05, 4.69) is 100 Å². The molecule has 0 fully saturated rings. The molecule has 0 spiro atoms. The van der Waals surface area contributed by atoms with Crippen LogP contribution in [0.1, 0.15) is 30.2 Å². The summed E-state index contributed by atoms with van der Waals surface area (Å²) < 4.78 is 2.37. The van der Waals surface area contributed by atoms with Crippen LogP contribution in [0, 0.1) is 0 Å². The summed E-state index contributed by atoms with van der Waals surface area (Å²) in [4.78, 5) is 0.413. The normalized spacial score (nSPS) is 12.8. The van der Waals surface area contributed by atoms with E-state index in [1.54, 1.807) is 0 Å². The molecule has 4 aromatic rings. The van der Waals surface area contributed by atoms with Gasteiger partial charge in [0.25, 0.3) is 0 Å². The Morgan fingerprint density at radius 3 is 2.08 bits per heavy atom. The first kappa shape index (κ1) is 15.5. The van der Waals surface area contributed by atoms with Crippen molar-refractivity contribution in [2.24, 2.45) is 0 Å². The fourth-order valence-electron chi connectivity index (χ4n) is 3.48. The lowest BCUT2D eigenvalue weighted by Gasteiger charge is -2.13. The Morgan fingerprint density at radius 1 is 0.833 bits per heavy atom. The van der Waals surface area contributed by atoms with Gasteiger partial charge in [-0.1, -0.05) is 77.8 Å². The first-order valence-corrected chi connectivity index (χ1v) is 9.43. The van der Waals surface area contributed by atoms with Crippen LogP contribution in [0.3, 0.4) is 0 Å². The average molecular weight is 378 g/mol. The topological polar surface area (TPSA) is 4.93 Å². The molecule has 1 atom stereocenters. The summed E-state index contributed by atoms with van der Waals surface area (Å²) in [5.74, 6) is 0. The third-order valence-electron chi connectivity index (χ3n) is 4.61. The van der Waals surface area contributed by atoms with Gasteiger partial charge in [0.2, 0.25) is 0 Å². The van der Waals surface area contributed by atoms with E-state index in [0.717, 1.165) is 6.42 Å². The zero-order chi connectivity index (χ0) is 16.5. The van der Waals surface area contributed by atoms with Crippen molar-refractivity contribution < 1.29 is 0 Å². The maximum atomic E-state index is 3.83. The molecule has 0 aliphatic heterocycles. The molecule has 1 heterocycles. The second-order valence-corrected chi connectivity index (χ2v) is 7.33. The molecule has 0 bridgehead atoms. The highest BCUT2D eigenvalue weighted by Gasteiger charge is 2.13. The number of nitrogens with zero attached hydrogens (tertiary/aromatic N) is 1. The lowest BCUT2D eigenvalue weighted by Crippen LogP contribution is -1.96. The van der Waals surface area contributed by atoms with Crippen molar-refractivity contribution in [3.8, 4) is 5.69 Å². The zero-order valence-corrected chi connectivity index (χ0v) is 15.3. The molecule has 4 rings (SSSR count). The molecule has 24 heavy (non-hydrogen) atoms. The fraction of sp³-hybridized carbons (Fsp3) is 0.182. The molecular weight excluding hydrogens is 358 g/mol. The number of hydrogen-bond donors (Lipinski definition) is 0. The van der Waals surface area contributed by atoms with Gasteiger partial charge in [0, 0.05) is 21.3 Å². The van der Waals surface area contributed by atoms with Crippen molar-refractivity contribution in [1.82, 2.24) is 4.57 Å². The predicted molar refractivity (Wildman–Crippen MR) is 107 cm³/mol. The van der Waals surface area contributed by atoms with Gasteiger partial charge in [0.15, 0.2) is 0 Å². The summed E-state index contributed by atoms with van der Waals surface area (Å²) in [6.45, 7) is 2.23. The van der Waals surface area contributed by atoms with Crippen LogP contribution in [0.4, 0.5) is 0 Å². The molecule has 1 unspecified atom stereocenters. The third-order valence-corrected chi connectivity index (χ3v) is 5.60. The lowest BCUT2D eigenvalue weighted by atomic mass is 10.1. The van der Waals surface area contributed by atoms with Crippen molar-refractivity contribution in [3.63, 3.8) is 0 Å². The molecule has 0 aliphatic rings. The summed E-state index contributed by atoms with van der Waals surface area (Å²) in [6.07, 6.45) is 2.33. The van der Waals surface area contributed by atoms with Gasteiger partial charge in [-0.25, -0.2) is 0 Å². The van der Waals surface area contributed by atoms with Crippen molar-refractivity contribution in [3.05, 3.63) is 78.4 Å². The van der Waals surface area contributed by atoms with E-state index in [-0.39, 0.29) is 0 Å². The number of benzene rings is 3. The number of alkyl halides is 1. The van der Waals surface area contributed by atoms with Gasteiger partial charge in [-0.05, 0) is 36.2 Å². The fourth-order valence-corrected chi connectivity index (χ4v) is 4.22. The first-order valence-electron chi connectivity index (χ1n) is 8.52.